The second-order valence-corrected chi connectivity index (χ2v) is 5.03. The molecule has 0 spiro atoms. The number of aromatic nitrogens is 2. The summed E-state index contributed by atoms with van der Waals surface area (Å²) in [5.41, 5.74) is 0.877. The molecule has 0 bridgehead atoms. The van der Waals surface area contributed by atoms with Crippen molar-refractivity contribution >= 4 is 17.3 Å². The summed E-state index contributed by atoms with van der Waals surface area (Å²) in [5, 5.41) is 7.60. The number of benzene rings is 1. The van der Waals surface area contributed by atoms with E-state index in [1.54, 1.807) is 0 Å². The Hall–Kier alpha value is -1.75. The fourth-order valence-corrected chi connectivity index (χ4v) is 1.87. The zero-order valence-corrected chi connectivity index (χ0v) is 12.6. The van der Waals surface area contributed by atoms with Gasteiger partial charge >= 0.3 is 0 Å². The van der Waals surface area contributed by atoms with E-state index < -0.39 is 0 Å². The molecular weight excluding hydrogens is 278 g/mol. The van der Waals surface area contributed by atoms with E-state index in [0.29, 0.717) is 29.0 Å². The molecule has 0 atom stereocenters. The molecule has 0 saturated carbocycles. The highest BCUT2D eigenvalue weighted by Gasteiger charge is 2.07. The Balaban J connectivity index is 1.97. The molecule has 0 aliphatic carbocycles. The summed E-state index contributed by atoms with van der Waals surface area (Å²) in [4.78, 5) is 4.23. The number of hydrogen-bond donors (Lipinski definition) is 1. The zero-order chi connectivity index (χ0) is 14.5. The van der Waals surface area contributed by atoms with Crippen molar-refractivity contribution in [3.05, 3.63) is 34.9 Å². The number of ether oxygens (including phenoxy) is 1. The lowest BCUT2D eigenvalue weighted by atomic mass is 10.3. The van der Waals surface area contributed by atoms with Crippen molar-refractivity contribution in [1.29, 1.82) is 0 Å². The average Bonchev–Trinajstić information content (AvgIpc) is 2.87. The van der Waals surface area contributed by atoms with E-state index in [9.17, 15) is 0 Å². The first-order valence-corrected chi connectivity index (χ1v) is 6.97. The van der Waals surface area contributed by atoms with Gasteiger partial charge in [0, 0.05) is 12.1 Å². The lowest BCUT2D eigenvalue weighted by Gasteiger charge is -2.12. The Kier molecular flexibility index (Phi) is 4.84. The van der Waals surface area contributed by atoms with Crippen LogP contribution in [0.3, 0.4) is 0 Å². The maximum Gasteiger partial charge on any atom is 0.245 e. The van der Waals surface area contributed by atoms with Gasteiger partial charge in [-0.15, -0.1) is 0 Å². The van der Waals surface area contributed by atoms with E-state index in [-0.39, 0.29) is 6.10 Å². The Morgan fingerprint density at radius 3 is 2.80 bits per heavy atom. The Bertz CT molecular complexity index is 569. The van der Waals surface area contributed by atoms with E-state index in [1.807, 2.05) is 39.0 Å². The molecule has 1 aromatic carbocycles. The monoisotopic (exact) mass is 295 g/mol. The second kappa shape index (κ2) is 6.61. The zero-order valence-electron chi connectivity index (χ0n) is 11.8. The van der Waals surface area contributed by atoms with E-state index in [4.69, 9.17) is 20.9 Å². The van der Waals surface area contributed by atoms with Gasteiger partial charge in [-0.3, -0.25) is 0 Å². The van der Waals surface area contributed by atoms with Crippen LogP contribution >= 0.6 is 11.6 Å². The van der Waals surface area contributed by atoms with Crippen LogP contribution in [0.15, 0.2) is 22.7 Å². The van der Waals surface area contributed by atoms with Crippen LogP contribution in [-0.4, -0.2) is 16.2 Å². The molecule has 0 saturated heterocycles. The van der Waals surface area contributed by atoms with Gasteiger partial charge in [0.25, 0.3) is 0 Å². The van der Waals surface area contributed by atoms with Crippen molar-refractivity contribution in [3.8, 4) is 5.75 Å². The second-order valence-electron chi connectivity index (χ2n) is 4.62. The summed E-state index contributed by atoms with van der Waals surface area (Å²) < 4.78 is 10.7. The van der Waals surface area contributed by atoms with Crippen LogP contribution in [0.2, 0.25) is 5.02 Å². The number of halogens is 1. The maximum absolute atomic E-state index is 6.17. The van der Waals surface area contributed by atoms with Crippen LogP contribution in [0, 0.1) is 0 Å². The molecule has 2 aromatic rings. The molecule has 0 unspecified atom stereocenters. The van der Waals surface area contributed by atoms with Crippen LogP contribution in [0.1, 0.15) is 32.5 Å². The number of rotatable bonds is 6. The average molecular weight is 296 g/mol. The quantitative estimate of drug-likeness (QED) is 0.881. The topological polar surface area (TPSA) is 60.2 Å². The summed E-state index contributed by atoms with van der Waals surface area (Å²) >= 11 is 6.17. The Morgan fingerprint density at radius 1 is 1.40 bits per heavy atom. The van der Waals surface area contributed by atoms with Gasteiger partial charge in [0.15, 0.2) is 5.82 Å². The molecule has 108 valence electrons. The van der Waals surface area contributed by atoms with Crippen LogP contribution in [0.4, 0.5) is 5.69 Å². The molecule has 1 N–H and O–H groups in total. The smallest absolute Gasteiger partial charge is 0.245 e. The number of hydrogen-bond acceptors (Lipinski definition) is 5. The van der Waals surface area contributed by atoms with Crippen LogP contribution in [-0.2, 0) is 13.0 Å². The fraction of sp³-hybridized carbons (Fsp3) is 0.429. The van der Waals surface area contributed by atoms with Crippen molar-refractivity contribution in [3.63, 3.8) is 0 Å². The molecule has 1 aromatic heterocycles. The predicted octanol–water partition coefficient (Wildman–Crippen LogP) is 3.68. The standard InChI is InChI=1S/C14H18ClN3O2/c1-4-13-17-14(20-18-13)8-16-10-5-6-12(11(15)7-10)19-9(2)3/h5-7,9,16H,4,8H2,1-3H3. The van der Waals surface area contributed by atoms with Gasteiger partial charge in [-0.25, -0.2) is 0 Å². The van der Waals surface area contributed by atoms with Crippen LogP contribution in [0.5, 0.6) is 5.75 Å². The van der Waals surface area contributed by atoms with Gasteiger partial charge in [0.1, 0.15) is 5.75 Å². The van der Waals surface area contributed by atoms with Gasteiger partial charge < -0.3 is 14.6 Å². The van der Waals surface area contributed by atoms with Crippen molar-refractivity contribution < 1.29 is 9.26 Å². The first-order chi connectivity index (χ1) is 9.58. The van der Waals surface area contributed by atoms with Gasteiger partial charge in [-0.1, -0.05) is 23.7 Å². The maximum atomic E-state index is 6.17. The van der Waals surface area contributed by atoms with Gasteiger partial charge in [0.2, 0.25) is 5.89 Å². The highest BCUT2D eigenvalue weighted by atomic mass is 35.5. The highest BCUT2D eigenvalue weighted by Crippen LogP contribution is 2.28. The van der Waals surface area contributed by atoms with Gasteiger partial charge in [-0.2, -0.15) is 4.98 Å². The number of nitrogens with zero attached hydrogens (tertiary/aromatic N) is 2. The fourth-order valence-electron chi connectivity index (χ4n) is 1.64. The molecule has 0 aliphatic heterocycles. The summed E-state index contributed by atoms with van der Waals surface area (Å²) in [5.74, 6) is 1.94. The normalized spacial score (nSPS) is 10.8. The molecule has 2 rings (SSSR count). The van der Waals surface area contributed by atoms with E-state index in [0.717, 1.165) is 12.1 Å². The third kappa shape index (κ3) is 3.87. The lowest BCUT2D eigenvalue weighted by Crippen LogP contribution is -2.06. The third-order valence-electron chi connectivity index (χ3n) is 2.56. The molecule has 5 nitrogen and oxygen atoms in total. The summed E-state index contributed by atoms with van der Waals surface area (Å²) in [6, 6.07) is 5.56. The minimum atomic E-state index is 0.0946. The largest absolute Gasteiger partial charge is 0.489 e. The molecule has 0 radical (unpaired) electrons. The SMILES string of the molecule is CCc1noc(CNc2ccc(OC(C)C)c(Cl)c2)n1. The lowest BCUT2D eigenvalue weighted by molar-refractivity contribution is 0.242. The molecule has 0 fully saturated rings. The Morgan fingerprint density at radius 2 is 2.20 bits per heavy atom. The molecule has 1 heterocycles. The summed E-state index contributed by atoms with van der Waals surface area (Å²) in [6.07, 6.45) is 0.855. The molecular formula is C14H18ClN3O2. The third-order valence-corrected chi connectivity index (χ3v) is 2.86. The molecule has 20 heavy (non-hydrogen) atoms. The van der Waals surface area contributed by atoms with Crippen LogP contribution < -0.4 is 10.1 Å². The molecule has 0 amide bonds. The first kappa shape index (κ1) is 14.7. The van der Waals surface area contributed by atoms with Crippen molar-refractivity contribution in [1.82, 2.24) is 10.1 Å². The summed E-state index contributed by atoms with van der Waals surface area (Å²) in [6.45, 7) is 6.37. The predicted molar refractivity (Wildman–Crippen MR) is 78.2 cm³/mol. The van der Waals surface area contributed by atoms with Gasteiger partial charge in [-0.05, 0) is 32.0 Å². The minimum absolute atomic E-state index is 0.0946. The number of nitrogens with one attached hydrogen (secondary N) is 1. The number of aryl methyl sites for hydroxylation is 1. The molecule has 0 aliphatic rings. The minimum Gasteiger partial charge on any atom is -0.489 e. The highest BCUT2D eigenvalue weighted by molar-refractivity contribution is 6.32. The van der Waals surface area contributed by atoms with Crippen molar-refractivity contribution in [2.24, 2.45) is 0 Å². The van der Waals surface area contributed by atoms with Crippen molar-refractivity contribution in [2.45, 2.75) is 39.8 Å². The van der Waals surface area contributed by atoms with E-state index in [2.05, 4.69) is 15.5 Å². The first-order valence-electron chi connectivity index (χ1n) is 6.60. The summed E-state index contributed by atoms with van der Waals surface area (Å²) in [7, 11) is 0. The van der Waals surface area contributed by atoms with Crippen LogP contribution in [0.25, 0.3) is 0 Å². The number of anilines is 1. The molecule has 6 heteroatoms. The van der Waals surface area contributed by atoms with Gasteiger partial charge in [0.05, 0.1) is 17.7 Å². The van der Waals surface area contributed by atoms with Crippen molar-refractivity contribution in [2.75, 3.05) is 5.32 Å². The Labute approximate surface area is 123 Å². The van der Waals surface area contributed by atoms with E-state index in [1.165, 1.54) is 0 Å². The van der Waals surface area contributed by atoms with E-state index >= 15 is 0 Å².